The monoisotopic (exact) mass is 236 g/mol. The molecule has 0 aromatic heterocycles. The van der Waals surface area contributed by atoms with Crippen LogP contribution < -0.4 is 15.4 Å². The van der Waals surface area contributed by atoms with Crippen LogP contribution >= 0.6 is 0 Å². The zero-order valence-corrected chi connectivity index (χ0v) is 11.0. The molecule has 0 aliphatic carbocycles. The van der Waals surface area contributed by atoms with Crippen LogP contribution in [0.4, 0.5) is 5.69 Å². The van der Waals surface area contributed by atoms with Crippen LogP contribution in [0.2, 0.25) is 0 Å². The second-order valence-electron chi connectivity index (χ2n) is 4.44. The first-order valence-corrected chi connectivity index (χ1v) is 6.34. The Labute approximate surface area is 105 Å². The van der Waals surface area contributed by atoms with Crippen LogP contribution in [0.3, 0.4) is 0 Å². The first kappa shape index (κ1) is 13.8. The standard InChI is InChI=1S/C14H24N2O/c1-16(2)13-8-7-9-14(12-13)17-11-6-4-3-5-10-15/h7-9,12H,3-6,10-11,15H2,1-2H3. The first-order chi connectivity index (χ1) is 8.24. The van der Waals surface area contributed by atoms with Gasteiger partial charge in [-0.05, 0) is 31.5 Å². The van der Waals surface area contributed by atoms with Gasteiger partial charge in [0.2, 0.25) is 0 Å². The molecule has 96 valence electrons. The quantitative estimate of drug-likeness (QED) is 0.705. The van der Waals surface area contributed by atoms with E-state index < -0.39 is 0 Å². The number of nitrogens with zero attached hydrogens (tertiary/aromatic N) is 1. The summed E-state index contributed by atoms with van der Waals surface area (Å²) in [5.74, 6) is 0.954. The highest BCUT2D eigenvalue weighted by atomic mass is 16.5. The lowest BCUT2D eigenvalue weighted by Gasteiger charge is -2.14. The molecule has 0 aliphatic heterocycles. The zero-order chi connectivity index (χ0) is 12.5. The van der Waals surface area contributed by atoms with Gasteiger partial charge in [-0.15, -0.1) is 0 Å². The molecule has 1 aromatic rings. The second kappa shape index (κ2) is 7.96. The molecular weight excluding hydrogens is 212 g/mol. The minimum atomic E-state index is 0.793. The van der Waals surface area contributed by atoms with Crippen molar-refractivity contribution in [1.29, 1.82) is 0 Å². The largest absolute Gasteiger partial charge is 0.494 e. The molecule has 0 saturated carbocycles. The average molecular weight is 236 g/mol. The number of unbranched alkanes of at least 4 members (excludes halogenated alkanes) is 3. The number of ether oxygens (including phenoxy) is 1. The van der Waals surface area contributed by atoms with E-state index in [0.29, 0.717) is 0 Å². The van der Waals surface area contributed by atoms with E-state index in [2.05, 4.69) is 17.0 Å². The third kappa shape index (κ3) is 5.59. The zero-order valence-electron chi connectivity index (χ0n) is 11.0. The van der Waals surface area contributed by atoms with Crippen LogP contribution in [0.25, 0.3) is 0 Å². The molecule has 0 atom stereocenters. The molecule has 1 aromatic carbocycles. The van der Waals surface area contributed by atoms with Gasteiger partial charge < -0.3 is 15.4 Å². The number of benzene rings is 1. The number of hydrogen-bond donors (Lipinski definition) is 1. The molecule has 0 amide bonds. The third-order valence-electron chi connectivity index (χ3n) is 2.70. The van der Waals surface area contributed by atoms with Crippen LogP contribution in [0.1, 0.15) is 25.7 Å². The smallest absolute Gasteiger partial charge is 0.121 e. The Balaban J connectivity index is 2.24. The lowest BCUT2D eigenvalue weighted by Crippen LogP contribution is -2.08. The fourth-order valence-electron chi connectivity index (χ4n) is 1.64. The van der Waals surface area contributed by atoms with Gasteiger partial charge in [0.05, 0.1) is 6.61 Å². The van der Waals surface area contributed by atoms with Gasteiger partial charge in [0.1, 0.15) is 5.75 Å². The molecule has 0 aliphatic rings. The molecule has 3 heteroatoms. The summed E-state index contributed by atoms with van der Waals surface area (Å²) in [6, 6.07) is 8.18. The summed E-state index contributed by atoms with van der Waals surface area (Å²) in [7, 11) is 4.07. The van der Waals surface area contributed by atoms with Crippen molar-refractivity contribution in [3.8, 4) is 5.75 Å². The van der Waals surface area contributed by atoms with Crippen molar-refractivity contribution >= 4 is 5.69 Å². The topological polar surface area (TPSA) is 38.5 Å². The molecule has 0 radical (unpaired) electrons. The molecule has 0 fully saturated rings. The summed E-state index contributed by atoms with van der Waals surface area (Å²) < 4.78 is 5.72. The summed E-state index contributed by atoms with van der Waals surface area (Å²) >= 11 is 0. The molecule has 0 heterocycles. The van der Waals surface area contributed by atoms with Gasteiger partial charge in [-0.2, -0.15) is 0 Å². The Bertz CT molecular complexity index is 313. The van der Waals surface area contributed by atoms with E-state index in [0.717, 1.165) is 31.7 Å². The molecule has 17 heavy (non-hydrogen) atoms. The minimum absolute atomic E-state index is 0.793. The molecule has 0 spiro atoms. The van der Waals surface area contributed by atoms with Gasteiger partial charge in [0, 0.05) is 25.8 Å². The number of hydrogen-bond acceptors (Lipinski definition) is 3. The van der Waals surface area contributed by atoms with Crippen molar-refractivity contribution in [2.45, 2.75) is 25.7 Å². The highest BCUT2D eigenvalue weighted by Crippen LogP contribution is 2.19. The highest BCUT2D eigenvalue weighted by Gasteiger charge is 1.98. The Hall–Kier alpha value is -1.22. The summed E-state index contributed by atoms with van der Waals surface area (Å²) in [5, 5.41) is 0. The van der Waals surface area contributed by atoms with Gasteiger partial charge in [-0.3, -0.25) is 0 Å². The number of anilines is 1. The molecule has 1 rings (SSSR count). The van der Waals surface area contributed by atoms with Crippen LogP contribution in [-0.2, 0) is 0 Å². The van der Waals surface area contributed by atoms with E-state index in [4.69, 9.17) is 10.5 Å². The van der Waals surface area contributed by atoms with Crippen molar-refractivity contribution in [1.82, 2.24) is 0 Å². The van der Waals surface area contributed by atoms with E-state index in [1.807, 2.05) is 26.2 Å². The molecule has 2 N–H and O–H groups in total. The van der Waals surface area contributed by atoms with E-state index in [-0.39, 0.29) is 0 Å². The fraction of sp³-hybridized carbons (Fsp3) is 0.571. The SMILES string of the molecule is CN(C)c1cccc(OCCCCCCN)c1. The van der Waals surface area contributed by atoms with Gasteiger partial charge in [0.15, 0.2) is 0 Å². The van der Waals surface area contributed by atoms with Crippen LogP contribution in [0.15, 0.2) is 24.3 Å². The Morgan fingerprint density at radius 3 is 2.59 bits per heavy atom. The fourth-order valence-corrected chi connectivity index (χ4v) is 1.64. The van der Waals surface area contributed by atoms with Gasteiger partial charge in [-0.1, -0.05) is 18.9 Å². The maximum absolute atomic E-state index is 5.72. The van der Waals surface area contributed by atoms with Crippen LogP contribution in [0.5, 0.6) is 5.75 Å². The Morgan fingerprint density at radius 1 is 1.12 bits per heavy atom. The third-order valence-corrected chi connectivity index (χ3v) is 2.70. The predicted molar refractivity (Wildman–Crippen MR) is 73.8 cm³/mol. The summed E-state index contributed by atoms with van der Waals surface area (Å²) in [4.78, 5) is 2.08. The normalized spacial score (nSPS) is 10.3. The Kier molecular flexibility index (Phi) is 6.48. The summed E-state index contributed by atoms with van der Waals surface area (Å²) in [6.45, 7) is 1.59. The highest BCUT2D eigenvalue weighted by molar-refractivity contribution is 5.49. The van der Waals surface area contributed by atoms with Crippen LogP contribution in [0, 0.1) is 0 Å². The van der Waals surface area contributed by atoms with Crippen LogP contribution in [-0.4, -0.2) is 27.2 Å². The average Bonchev–Trinajstić information content (AvgIpc) is 2.34. The maximum Gasteiger partial charge on any atom is 0.121 e. The summed E-state index contributed by atoms with van der Waals surface area (Å²) in [6.07, 6.45) is 4.63. The molecule has 0 saturated heterocycles. The lowest BCUT2D eigenvalue weighted by molar-refractivity contribution is 0.305. The summed E-state index contributed by atoms with van der Waals surface area (Å²) in [5.41, 5.74) is 6.62. The lowest BCUT2D eigenvalue weighted by atomic mass is 10.2. The van der Waals surface area contributed by atoms with E-state index in [9.17, 15) is 0 Å². The molecule has 3 nitrogen and oxygen atoms in total. The van der Waals surface area contributed by atoms with E-state index >= 15 is 0 Å². The van der Waals surface area contributed by atoms with E-state index in [1.165, 1.54) is 18.5 Å². The maximum atomic E-state index is 5.72. The van der Waals surface area contributed by atoms with Crippen molar-refractivity contribution in [3.05, 3.63) is 24.3 Å². The van der Waals surface area contributed by atoms with Crippen molar-refractivity contribution in [3.63, 3.8) is 0 Å². The van der Waals surface area contributed by atoms with Crippen molar-refractivity contribution < 1.29 is 4.74 Å². The molecular formula is C14H24N2O. The van der Waals surface area contributed by atoms with Crippen molar-refractivity contribution in [2.24, 2.45) is 5.73 Å². The Morgan fingerprint density at radius 2 is 1.88 bits per heavy atom. The number of rotatable bonds is 8. The first-order valence-electron chi connectivity index (χ1n) is 6.34. The second-order valence-corrected chi connectivity index (χ2v) is 4.44. The van der Waals surface area contributed by atoms with Gasteiger partial charge in [-0.25, -0.2) is 0 Å². The number of nitrogens with two attached hydrogens (primary N) is 1. The molecule has 0 unspecified atom stereocenters. The van der Waals surface area contributed by atoms with Crippen molar-refractivity contribution in [2.75, 3.05) is 32.1 Å². The minimum Gasteiger partial charge on any atom is -0.494 e. The van der Waals surface area contributed by atoms with E-state index in [1.54, 1.807) is 0 Å². The van der Waals surface area contributed by atoms with Gasteiger partial charge in [0.25, 0.3) is 0 Å². The van der Waals surface area contributed by atoms with Gasteiger partial charge >= 0.3 is 0 Å². The predicted octanol–water partition coefficient (Wildman–Crippen LogP) is 2.65. The molecule has 0 bridgehead atoms.